The Hall–Kier alpha value is -1.44. The van der Waals surface area contributed by atoms with Crippen LogP contribution in [0.25, 0.3) is 0 Å². The van der Waals surface area contributed by atoms with E-state index in [1.54, 1.807) is 24.0 Å². The zero-order valence-electron chi connectivity index (χ0n) is 12.2. The second kappa shape index (κ2) is 6.55. The van der Waals surface area contributed by atoms with E-state index in [4.69, 9.17) is 4.74 Å². The average molecular weight is 312 g/mol. The lowest BCUT2D eigenvalue weighted by molar-refractivity contribution is -0.136. The van der Waals surface area contributed by atoms with Gasteiger partial charge in [-0.1, -0.05) is 17.7 Å². The fourth-order valence-electron chi connectivity index (χ4n) is 2.13. The number of aryl methyl sites for hydroxylation is 1. The lowest BCUT2D eigenvalue weighted by Crippen LogP contribution is -2.50. The van der Waals surface area contributed by atoms with Gasteiger partial charge in [-0.05, 0) is 26.0 Å². The van der Waals surface area contributed by atoms with Crippen LogP contribution in [0.4, 0.5) is 0 Å². The Balaban J connectivity index is 2.05. The van der Waals surface area contributed by atoms with Crippen molar-refractivity contribution in [2.24, 2.45) is 0 Å². The Kier molecular flexibility index (Phi) is 4.97. The molecule has 1 fully saturated rings. The summed E-state index contributed by atoms with van der Waals surface area (Å²) in [5.74, 6) is -0.228. The standard InChI is InChI=1S/C14H20N2O4S/c1-11-3-5-13(6-4-11)21(18,19)15-12(2)14(17)16-7-9-20-10-8-16/h3-6,12,15H,7-10H2,1-2H3/t12-/m0/s1. The van der Waals surface area contributed by atoms with Gasteiger partial charge >= 0.3 is 0 Å². The molecule has 1 aromatic rings. The molecule has 1 aliphatic rings. The quantitative estimate of drug-likeness (QED) is 0.879. The van der Waals surface area contributed by atoms with Crippen molar-refractivity contribution in [3.05, 3.63) is 29.8 Å². The number of hydrogen-bond donors (Lipinski definition) is 1. The van der Waals surface area contributed by atoms with E-state index in [1.807, 2.05) is 6.92 Å². The van der Waals surface area contributed by atoms with E-state index in [-0.39, 0.29) is 10.8 Å². The van der Waals surface area contributed by atoms with E-state index in [2.05, 4.69) is 4.72 Å². The number of morpholine rings is 1. The summed E-state index contributed by atoms with van der Waals surface area (Å²) in [6.45, 7) is 5.41. The van der Waals surface area contributed by atoms with Crippen LogP contribution in [0.2, 0.25) is 0 Å². The maximum atomic E-state index is 12.2. The van der Waals surface area contributed by atoms with E-state index in [0.717, 1.165) is 5.56 Å². The highest BCUT2D eigenvalue weighted by atomic mass is 32.2. The highest BCUT2D eigenvalue weighted by Crippen LogP contribution is 2.11. The molecular weight excluding hydrogens is 292 g/mol. The van der Waals surface area contributed by atoms with Crippen LogP contribution >= 0.6 is 0 Å². The Labute approximate surface area is 125 Å². The molecule has 0 aliphatic carbocycles. The van der Waals surface area contributed by atoms with Crippen molar-refractivity contribution in [1.29, 1.82) is 0 Å². The summed E-state index contributed by atoms with van der Waals surface area (Å²) in [5.41, 5.74) is 0.978. The number of benzene rings is 1. The second-order valence-electron chi connectivity index (χ2n) is 5.09. The van der Waals surface area contributed by atoms with Crippen LogP contribution in [0.3, 0.4) is 0 Å². The topological polar surface area (TPSA) is 75.7 Å². The molecule has 1 N–H and O–H groups in total. The van der Waals surface area contributed by atoms with Gasteiger partial charge in [0, 0.05) is 13.1 Å². The Morgan fingerprint density at radius 1 is 1.24 bits per heavy atom. The summed E-state index contributed by atoms with van der Waals surface area (Å²) in [7, 11) is -3.69. The fraction of sp³-hybridized carbons (Fsp3) is 0.500. The molecule has 116 valence electrons. The molecule has 7 heteroatoms. The molecule has 1 atom stereocenters. The van der Waals surface area contributed by atoms with Gasteiger partial charge in [-0.25, -0.2) is 8.42 Å². The summed E-state index contributed by atoms with van der Waals surface area (Å²) < 4.78 is 32.1. The molecule has 0 saturated carbocycles. The highest BCUT2D eigenvalue weighted by molar-refractivity contribution is 7.89. The molecule has 0 unspecified atom stereocenters. The first kappa shape index (κ1) is 15.9. The maximum Gasteiger partial charge on any atom is 0.241 e. The SMILES string of the molecule is Cc1ccc(S(=O)(=O)N[C@@H](C)C(=O)N2CCOCC2)cc1. The molecule has 6 nitrogen and oxygen atoms in total. The molecule has 0 radical (unpaired) electrons. The number of ether oxygens (including phenoxy) is 1. The van der Waals surface area contributed by atoms with E-state index in [9.17, 15) is 13.2 Å². The van der Waals surface area contributed by atoms with Gasteiger partial charge in [-0.15, -0.1) is 0 Å². The first-order valence-electron chi connectivity index (χ1n) is 6.86. The normalized spacial score (nSPS) is 17.5. The number of carbonyl (C=O) groups is 1. The summed E-state index contributed by atoms with van der Waals surface area (Å²) in [6, 6.07) is 5.72. The second-order valence-corrected chi connectivity index (χ2v) is 6.81. The molecule has 2 rings (SSSR count). The third-order valence-corrected chi connectivity index (χ3v) is 4.91. The van der Waals surface area contributed by atoms with E-state index in [1.165, 1.54) is 12.1 Å². The lowest BCUT2D eigenvalue weighted by atomic mass is 10.2. The van der Waals surface area contributed by atoms with Crippen LogP contribution in [0, 0.1) is 6.92 Å². The Morgan fingerprint density at radius 3 is 2.38 bits per heavy atom. The summed E-state index contributed by atoms with van der Waals surface area (Å²) >= 11 is 0. The fourth-order valence-corrected chi connectivity index (χ4v) is 3.32. The first-order valence-corrected chi connectivity index (χ1v) is 8.34. The third-order valence-electron chi connectivity index (χ3n) is 3.36. The highest BCUT2D eigenvalue weighted by Gasteiger charge is 2.26. The van der Waals surface area contributed by atoms with Gasteiger partial charge in [0.05, 0.1) is 24.2 Å². The van der Waals surface area contributed by atoms with Gasteiger partial charge in [-0.3, -0.25) is 4.79 Å². The Bertz CT molecular complexity index is 592. The zero-order chi connectivity index (χ0) is 15.5. The van der Waals surface area contributed by atoms with Crippen molar-refractivity contribution in [2.75, 3.05) is 26.3 Å². The predicted molar refractivity (Wildman–Crippen MR) is 78.4 cm³/mol. The molecule has 1 aromatic carbocycles. The van der Waals surface area contributed by atoms with Crippen molar-refractivity contribution in [1.82, 2.24) is 9.62 Å². The summed E-state index contributed by atoms with van der Waals surface area (Å²) in [5, 5.41) is 0. The minimum absolute atomic E-state index is 0.162. The van der Waals surface area contributed by atoms with E-state index < -0.39 is 16.1 Å². The van der Waals surface area contributed by atoms with Crippen molar-refractivity contribution < 1.29 is 17.9 Å². The Morgan fingerprint density at radius 2 is 1.81 bits per heavy atom. The minimum atomic E-state index is -3.69. The molecule has 1 saturated heterocycles. The molecular formula is C14H20N2O4S. The van der Waals surface area contributed by atoms with E-state index >= 15 is 0 Å². The van der Waals surface area contributed by atoms with Gasteiger partial charge in [-0.2, -0.15) is 4.72 Å². The number of amides is 1. The summed E-state index contributed by atoms with van der Waals surface area (Å²) in [6.07, 6.45) is 0. The number of nitrogens with one attached hydrogen (secondary N) is 1. The van der Waals surface area contributed by atoms with Crippen molar-refractivity contribution in [2.45, 2.75) is 24.8 Å². The third kappa shape index (κ3) is 4.03. The molecule has 0 spiro atoms. The number of carbonyl (C=O) groups excluding carboxylic acids is 1. The number of nitrogens with zero attached hydrogens (tertiary/aromatic N) is 1. The number of rotatable bonds is 4. The lowest BCUT2D eigenvalue weighted by Gasteiger charge is -2.29. The van der Waals surface area contributed by atoms with Crippen LogP contribution < -0.4 is 4.72 Å². The number of sulfonamides is 1. The van der Waals surface area contributed by atoms with Gasteiger partial charge < -0.3 is 9.64 Å². The first-order chi connectivity index (χ1) is 9.90. The molecule has 21 heavy (non-hydrogen) atoms. The van der Waals surface area contributed by atoms with Crippen molar-refractivity contribution in [3.63, 3.8) is 0 Å². The largest absolute Gasteiger partial charge is 0.378 e. The average Bonchev–Trinajstić information content (AvgIpc) is 2.47. The van der Waals surface area contributed by atoms with Gasteiger partial charge in [0.2, 0.25) is 15.9 Å². The monoisotopic (exact) mass is 312 g/mol. The number of hydrogen-bond acceptors (Lipinski definition) is 4. The van der Waals surface area contributed by atoms with Crippen LogP contribution in [0.15, 0.2) is 29.2 Å². The molecule has 1 amide bonds. The van der Waals surface area contributed by atoms with Gasteiger partial charge in [0.25, 0.3) is 0 Å². The predicted octanol–water partition coefficient (Wildman–Crippen LogP) is 0.521. The smallest absolute Gasteiger partial charge is 0.241 e. The molecule has 1 aliphatic heterocycles. The van der Waals surface area contributed by atoms with Crippen LogP contribution in [-0.2, 0) is 19.6 Å². The van der Waals surface area contributed by atoms with E-state index in [0.29, 0.717) is 26.3 Å². The molecule has 0 aromatic heterocycles. The summed E-state index contributed by atoms with van der Waals surface area (Å²) in [4.78, 5) is 14.0. The van der Waals surface area contributed by atoms with Crippen LogP contribution in [-0.4, -0.2) is 51.6 Å². The van der Waals surface area contributed by atoms with Gasteiger partial charge in [0.1, 0.15) is 0 Å². The van der Waals surface area contributed by atoms with Crippen molar-refractivity contribution in [3.8, 4) is 0 Å². The maximum absolute atomic E-state index is 12.2. The zero-order valence-corrected chi connectivity index (χ0v) is 13.0. The minimum Gasteiger partial charge on any atom is -0.378 e. The van der Waals surface area contributed by atoms with Gasteiger partial charge in [0.15, 0.2) is 0 Å². The van der Waals surface area contributed by atoms with Crippen LogP contribution in [0.5, 0.6) is 0 Å². The van der Waals surface area contributed by atoms with Crippen molar-refractivity contribution >= 4 is 15.9 Å². The molecule has 0 bridgehead atoms. The molecule has 1 heterocycles. The van der Waals surface area contributed by atoms with Crippen LogP contribution in [0.1, 0.15) is 12.5 Å².